The van der Waals surface area contributed by atoms with Crippen molar-refractivity contribution in [3.05, 3.63) is 47.5 Å². The van der Waals surface area contributed by atoms with Crippen molar-refractivity contribution >= 4 is 10.8 Å². The molecule has 2 aromatic carbocycles. The molecule has 0 saturated carbocycles. The van der Waals surface area contributed by atoms with Crippen molar-refractivity contribution in [2.45, 2.75) is 25.7 Å². The van der Waals surface area contributed by atoms with E-state index in [1.54, 1.807) is 0 Å². The minimum Gasteiger partial charge on any atom is -0.396 e. The third-order valence-electron chi connectivity index (χ3n) is 3.31. The van der Waals surface area contributed by atoms with Gasteiger partial charge in [-0.1, -0.05) is 36.4 Å². The fourth-order valence-corrected chi connectivity index (χ4v) is 2.42. The number of aryl methyl sites for hydroxylation is 2. The predicted octanol–water partition coefficient (Wildman–Crippen LogP) is 2.69. The van der Waals surface area contributed by atoms with E-state index in [9.17, 15) is 0 Å². The Hall–Kier alpha value is -1.38. The average Bonchev–Trinajstić information content (AvgIpc) is 2.42. The van der Waals surface area contributed by atoms with Crippen LogP contribution < -0.4 is 0 Å². The molecule has 2 aromatic rings. The van der Waals surface area contributed by atoms with Gasteiger partial charge in [-0.05, 0) is 47.6 Å². The summed E-state index contributed by atoms with van der Waals surface area (Å²) in [5.41, 5.74) is 2.60. The van der Waals surface area contributed by atoms with Gasteiger partial charge in [-0.15, -0.1) is 0 Å². The van der Waals surface area contributed by atoms with E-state index in [-0.39, 0.29) is 13.2 Å². The Kier molecular flexibility index (Phi) is 4.73. The van der Waals surface area contributed by atoms with Crippen LogP contribution in [0.15, 0.2) is 36.4 Å². The molecule has 0 atom stereocenters. The normalized spacial score (nSPS) is 11.0. The summed E-state index contributed by atoms with van der Waals surface area (Å²) in [6.45, 7) is 0.473. The lowest BCUT2D eigenvalue weighted by Crippen LogP contribution is -1.94. The third kappa shape index (κ3) is 2.89. The Morgan fingerprint density at radius 1 is 0.667 bits per heavy atom. The molecule has 2 rings (SSSR count). The Labute approximate surface area is 108 Å². The predicted molar refractivity (Wildman–Crippen MR) is 74.8 cm³/mol. The highest BCUT2D eigenvalue weighted by Gasteiger charge is 2.04. The van der Waals surface area contributed by atoms with E-state index in [0.29, 0.717) is 0 Å². The maximum Gasteiger partial charge on any atom is 0.0434 e. The summed E-state index contributed by atoms with van der Waals surface area (Å²) >= 11 is 0. The monoisotopic (exact) mass is 244 g/mol. The molecule has 0 fully saturated rings. The van der Waals surface area contributed by atoms with Crippen LogP contribution in [0.1, 0.15) is 24.0 Å². The lowest BCUT2D eigenvalue weighted by Gasteiger charge is -2.10. The quantitative estimate of drug-likeness (QED) is 0.820. The average molecular weight is 244 g/mol. The Morgan fingerprint density at radius 2 is 1.11 bits per heavy atom. The summed E-state index contributed by atoms with van der Waals surface area (Å²) in [5, 5.41) is 20.4. The van der Waals surface area contributed by atoms with Crippen LogP contribution in [0.25, 0.3) is 10.8 Å². The second kappa shape index (κ2) is 6.53. The van der Waals surface area contributed by atoms with Crippen LogP contribution in [0.5, 0.6) is 0 Å². The van der Waals surface area contributed by atoms with Crippen LogP contribution >= 0.6 is 0 Å². The fraction of sp³-hybridized carbons (Fsp3) is 0.375. The molecule has 0 heterocycles. The van der Waals surface area contributed by atoms with Crippen LogP contribution in [0.2, 0.25) is 0 Å². The first-order valence-corrected chi connectivity index (χ1v) is 6.58. The van der Waals surface area contributed by atoms with E-state index in [2.05, 4.69) is 36.4 Å². The van der Waals surface area contributed by atoms with Crippen LogP contribution in [-0.2, 0) is 12.8 Å². The van der Waals surface area contributed by atoms with Crippen molar-refractivity contribution in [1.82, 2.24) is 0 Å². The molecular weight excluding hydrogens is 224 g/mol. The number of fused-ring (bicyclic) bond motifs is 1. The second-order valence-electron chi connectivity index (χ2n) is 4.58. The van der Waals surface area contributed by atoms with E-state index in [0.717, 1.165) is 25.7 Å². The van der Waals surface area contributed by atoms with Crippen molar-refractivity contribution in [2.24, 2.45) is 0 Å². The zero-order valence-electron chi connectivity index (χ0n) is 10.6. The molecular formula is C16H20O2. The number of hydrogen-bond donors (Lipinski definition) is 2. The molecule has 2 heteroatoms. The second-order valence-corrected chi connectivity index (χ2v) is 4.58. The number of hydrogen-bond acceptors (Lipinski definition) is 2. The molecule has 0 aliphatic carbocycles. The van der Waals surface area contributed by atoms with Crippen LogP contribution in [0.3, 0.4) is 0 Å². The fourth-order valence-electron chi connectivity index (χ4n) is 2.42. The van der Waals surface area contributed by atoms with Gasteiger partial charge in [0.2, 0.25) is 0 Å². The molecule has 0 aliphatic rings. The van der Waals surface area contributed by atoms with Crippen molar-refractivity contribution in [3.8, 4) is 0 Å². The lowest BCUT2D eigenvalue weighted by atomic mass is 9.96. The molecule has 0 radical (unpaired) electrons. The van der Waals surface area contributed by atoms with Crippen molar-refractivity contribution in [1.29, 1.82) is 0 Å². The molecule has 0 bridgehead atoms. The SMILES string of the molecule is OCCCc1cccc2c(CCCO)cccc12. The molecule has 0 saturated heterocycles. The summed E-state index contributed by atoms with van der Waals surface area (Å²) in [6, 6.07) is 12.7. The summed E-state index contributed by atoms with van der Waals surface area (Å²) in [4.78, 5) is 0. The molecule has 0 amide bonds. The van der Waals surface area contributed by atoms with Crippen LogP contribution in [0.4, 0.5) is 0 Å². The maximum atomic E-state index is 8.94. The maximum absolute atomic E-state index is 8.94. The minimum atomic E-state index is 0.237. The first-order valence-electron chi connectivity index (χ1n) is 6.58. The Bertz CT molecular complexity index is 458. The van der Waals surface area contributed by atoms with Gasteiger partial charge in [0.1, 0.15) is 0 Å². The molecule has 2 nitrogen and oxygen atoms in total. The number of rotatable bonds is 6. The molecule has 0 unspecified atom stereocenters. The molecule has 0 spiro atoms. The van der Waals surface area contributed by atoms with Gasteiger partial charge in [-0.25, -0.2) is 0 Å². The van der Waals surface area contributed by atoms with Gasteiger partial charge >= 0.3 is 0 Å². The van der Waals surface area contributed by atoms with Gasteiger partial charge in [-0.3, -0.25) is 0 Å². The highest BCUT2D eigenvalue weighted by molar-refractivity contribution is 5.88. The standard InChI is InChI=1S/C16H20O2/c17-11-3-7-13-5-1-9-15-14(8-4-12-18)6-2-10-16(13)15/h1-2,5-6,9-10,17-18H,3-4,7-8,11-12H2. The first-order chi connectivity index (χ1) is 8.86. The molecule has 0 aromatic heterocycles. The summed E-state index contributed by atoms with van der Waals surface area (Å²) < 4.78 is 0. The van der Waals surface area contributed by atoms with Gasteiger partial charge in [0.15, 0.2) is 0 Å². The third-order valence-corrected chi connectivity index (χ3v) is 3.31. The molecule has 2 N–H and O–H groups in total. The van der Waals surface area contributed by atoms with E-state index in [1.165, 1.54) is 21.9 Å². The summed E-state index contributed by atoms with van der Waals surface area (Å²) in [6.07, 6.45) is 3.44. The van der Waals surface area contributed by atoms with Gasteiger partial charge in [0.05, 0.1) is 0 Å². The zero-order valence-corrected chi connectivity index (χ0v) is 10.6. The van der Waals surface area contributed by atoms with E-state index < -0.39 is 0 Å². The minimum absolute atomic E-state index is 0.237. The first kappa shape index (κ1) is 13.1. The van der Waals surface area contributed by atoms with Gasteiger partial charge in [0, 0.05) is 13.2 Å². The highest BCUT2D eigenvalue weighted by atomic mass is 16.3. The van der Waals surface area contributed by atoms with Gasteiger partial charge in [-0.2, -0.15) is 0 Å². The highest BCUT2D eigenvalue weighted by Crippen LogP contribution is 2.24. The van der Waals surface area contributed by atoms with Crippen LogP contribution in [0, 0.1) is 0 Å². The van der Waals surface area contributed by atoms with E-state index in [4.69, 9.17) is 10.2 Å². The molecule has 0 aliphatic heterocycles. The Morgan fingerprint density at radius 3 is 1.50 bits per heavy atom. The number of benzene rings is 2. The van der Waals surface area contributed by atoms with Crippen LogP contribution in [-0.4, -0.2) is 23.4 Å². The lowest BCUT2D eigenvalue weighted by molar-refractivity contribution is 0.288. The van der Waals surface area contributed by atoms with Crippen molar-refractivity contribution in [3.63, 3.8) is 0 Å². The topological polar surface area (TPSA) is 40.5 Å². The van der Waals surface area contributed by atoms with E-state index >= 15 is 0 Å². The number of aliphatic hydroxyl groups excluding tert-OH is 2. The molecule has 96 valence electrons. The van der Waals surface area contributed by atoms with Crippen molar-refractivity contribution < 1.29 is 10.2 Å². The Balaban J connectivity index is 2.37. The summed E-state index contributed by atoms with van der Waals surface area (Å²) in [7, 11) is 0. The zero-order chi connectivity index (χ0) is 12.8. The van der Waals surface area contributed by atoms with Gasteiger partial charge in [0.25, 0.3) is 0 Å². The van der Waals surface area contributed by atoms with Crippen molar-refractivity contribution in [2.75, 3.05) is 13.2 Å². The number of aliphatic hydroxyl groups is 2. The van der Waals surface area contributed by atoms with Gasteiger partial charge < -0.3 is 10.2 Å². The summed E-state index contributed by atoms with van der Waals surface area (Å²) in [5.74, 6) is 0. The molecule has 18 heavy (non-hydrogen) atoms. The van der Waals surface area contributed by atoms with E-state index in [1.807, 2.05) is 0 Å². The largest absolute Gasteiger partial charge is 0.396 e. The smallest absolute Gasteiger partial charge is 0.0434 e.